The predicted octanol–water partition coefficient (Wildman–Crippen LogP) is 2.84. The molecule has 2 aliphatic heterocycles. The van der Waals surface area contributed by atoms with E-state index in [1.807, 2.05) is 23.1 Å². The van der Waals surface area contributed by atoms with Crippen LogP contribution in [0.1, 0.15) is 18.4 Å². The number of nitrogens with zero attached hydrogens (tertiary/aromatic N) is 6. The van der Waals surface area contributed by atoms with Gasteiger partial charge in [0.1, 0.15) is 24.2 Å². The lowest BCUT2D eigenvalue weighted by atomic mass is 10.0. The largest absolute Gasteiger partial charge is 0.491 e. The fraction of sp³-hybridized carbons (Fsp3) is 0.429. The molecule has 2 fully saturated rings. The van der Waals surface area contributed by atoms with Gasteiger partial charge in [0.25, 0.3) is 0 Å². The molecule has 0 unspecified atom stereocenters. The number of nitrogens with one attached hydrogen (secondary N) is 1. The standard InChI is InChI=1S/C28H33N7O3/c36-20-34(11-10-33-12-14-37-15-13-33)16-21-7-8-25(24-6-2-1-5-23(21)24)38-17-22-4-3-9-35(22)28-26-27(30-18-29-26)31-19-32-28/h1-2,5-8,18-20,22H,3-4,9-17H2,(H,29,30,31,32)/t22-/m1/s1. The Morgan fingerprint density at radius 2 is 1.95 bits per heavy atom. The first-order chi connectivity index (χ1) is 18.8. The molecular weight excluding hydrogens is 482 g/mol. The van der Waals surface area contributed by atoms with Crippen LogP contribution in [0.25, 0.3) is 21.9 Å². The Morgan fingerprint density at radius 3 is 2.82 bits per heavy atom. The molecule has 0 radical (unpaired) electrons. The van der Waals surface area contributed by atoms with Gasteiger partial charge in [-0.3, -0.25) is 9.69 Å². The first kappa shape index (κ1) is 24.6. The first-order valence-electron chi connectivity index (χ1n) is 13.3. The molecule has 0 saturated carbocycles. The molecular formula is C28H33N7O3. The number of aromatic amines is 1. The van der Waals surface area contributed by atoms with Gasteiger partial charge in [0.05, 0.1) is 25.6 Å². The van der Waals surface area contributed by atoms with Crippen molar-refractivity contribution in [3.63, 3.8) is 0 Å². The minimum Gasteiger partial charge on any atom is -0.491 e. The predicted molar refractivity (Wildman–Crippen MR) is 145 cm³/mol. The number of hydrogen-bond acceptors (Lipinski definition) is 8. The van der Waals surface area contributed by atoms with Crippen LogP contribution in [-0.4, -0.2) is 94.7 Å². The molecule has 0 aliphatic carbocycles. The van der Waals surface area contributed by atoms with Gasteiger partial charge in [-0.1, -0.05) is 30.3 Å². The second-order valence-corrected chi connectivity index (χ2v) is 9.90. The molecule has 2 saturated heterocycles. The minimum atomic E-state index is 0.203. The molecule has 4 heterocycles. The Balaban J connectivity index is 1.15. The van der Waals surface area contributed by atoms with Gasteiger partial charge >= 0.3 is 0 Å². The lowest BCUT2D eigenvalue weighted by molar-refractivity contribution is -0.119. The van der Waals surface area contributed by atoms with Crippen LogP contribution in [0.15, 0.2) is 49.1 Å². The minimum absolute atomic E-state index is 0.203. The van der Waals surface area contributed by atoms with Gasteiger partial charge in [0, 0.05) is 44.7 Å². The van der Waals surface area contributed by atoms with Crippen molar-refractivity contribution in [2.75, 3.05) is 57.4 Å². The molecule has 2 aliphatic rings. The Hall–Kier alpha value is -3.76. The van der Waals surface area contributed by atoms with Crippen molar-refractivity contribution < 1.29 is 14.3 Å². The highest BCUT2D eigenvalue weighted by atomic mass is 16.5. The number of anilines is 1. The SMILES string of the molecule is O=CN(CCN1CCOCC1)Cc1ccc(OC[C@H]2CCCN2c2ncnc3[nH]cnc23)c2ccccc12. The monoisotopic (exact) mass is 515 g/mol. The Labute approximate surface area is 221 Å². The van der Waals surface area contributed by atoms with Crippen LogP contribution in [0, 0.1) is 0 Å². The molecule has 10 heteroatoms. The quantitative estimate of drug-likeness (QED) is 0.322. The maximum absolute atomic E-state index is 11.9. The molecule has 1 atom stereocenters. The number of benzene rings is 2. The summed E-state index contributed by atoms with van der Waals surface area (Å²) in [5.74, 6) is 1.71. The van der Waals surface area contributed by atoms with Gasteiger partial charge in [-0.15, -0.1) is 0 Å². The third-order valence-corrected chi connectivity index (χ3v) is 7.58. The maximum atomic E-state index is 11.9. The molecule has 2 aromatic heterocycles. The van der Waals surface area contributed by atoms with Gasteiger partial charge in [-0.2, -0.15) is 0 Å². The smallest absolute Gasteiger partial charge is 0.210 e. The van der Waals surface area contributed by atoms with Crippen LogP contribution in [0.2, 0.25) is 0 Å². The Bertz CT molecular complexity index is 1390. The van der Waals surface area contributed by atoms with Crippen molar-refractivity contribution in [2.24, 2.45) is 0 Å². The van der Waals surface area contributed by atoms with E-state index in [0.717, 1.165) is 97.7 Å². The zero-order chi connectivity index (χ0) is 25.7. The summed E-state index contributed by atoms with van der Waals surface area (Å²) >= 11 is 0. The van der Waals surface area contributed by atoms with Crippen molar-refractivity contribution in [1.82, 2.24) is 29.7 Å². The van der Waals surface area contributed by atoms with E-state index in [-0.39, 0.29) is 6.04 Å². The molecule has 38 heavy (non-hydrogen) atoms. The Kier molecular flexibility index (Phi) is 7.32. The fourth-order valence-electron chi connectivity index (χ4n) is 5.52. The number of ether oxygens (including phenoxy) is 2. The molecule has 1 amide bonds. The van der Waals surface area contributed by atoms with Crippen LogP contribution >= 0.6 is 0 Å². The number of rotatable bonds is 10. The normalized spacial score (nSPS) is 18.3. The molecule has 2 aromatic carbocycles. The topological polar surface area (TPSA) is 99.7 Å². The average molecular weight is 516 g/mol. The summed E-state index contributed by atoms with van der Waals surface area (Å²) in [5, 5.41) is 2.17. The van der Waals surface area contributed by atoms with Gasteiger partial charge in [-0.05, 0) is 29.9 Å². The average Bonchev–Trinajstić information content (AvgIpc) is 3.65. The summed E-state index contributed by atoms with van der Waals surface area (Å²) in [7, 11) is 0. The molecule has 1 N–H and O–H groups in total. The molecule has 198 valence electrons. The van der Waals surface area contributed by atoms with Crippen LogP contribution in [0.3, 0.4) is 0 Å². The number of amides is 1. The van der Waals surface area contributed by atoms with E-state index in [4.69, 9.17) is 9.47 Å². The summed E-state index contributed by atoms with van der Waals surface area (Å²) in [4.78, 5) is 34.7. The summed E-state index contributed by atoms with van der Waals surface area (Å²) < 4.78 is 11.9. The van der Waals surface area contributed by atoms with Gasteiger partial charge in [0.15, 0.2) is 11.5 Å². The Morgan fingerprint density at radius 1 is 1.08 bits per heavy atom. The number of morpholine rings is 1. The lowest BCUT2D eigenvalue weighted by Crippen LogP contribution is -2.41. The van der Waals surface area contributed by atoms with E-state index in [2.05, 4.69) is 47.9 Å². The zero-order valence-electron chi connectivity index (χ0n) is 21.5. The first-order valence-corrected chi connectivity index (χ1v) is 13.3. The van der Waals surface area contributed by atoms with Crippen LogP contribution < -0.4 is 9.64 Å². The van der Waals surface area contributed by atoms with E-state index < -0.39 is 0 Å². The van der Waals surface area contributed by atoms with E-state index >= 15 is 0 Å². The highest BCUT2D eigenvalue weighted by Gasteiger charge is 2.28. The van der Waals surface area contributed by atoms with Gasteiger partial charge in [0.2, 0.25) is 6.41 Å². The van der Waals surface area contributed by atoms with E-state index in [1.54, 1.807) is 12.7 Å². The molecule has 4 aromatic rings. The van der Waals surface area contributed by atoms with Gasteiger partial charge < -0.3 is 24.3 Å². The van der Waals surface area contributed by atoms with E-state index in [0.29, 0.717) is 19.7 Å². The third kappa shape index (κ3) is 5.14. The van der Waals surface area contributed by atoms with Crippen molar-refractivity contribution >= 4 is 34.2 Å². The molecule has 0 spiro atoms. The third-order valence-electron chi connectivity index (χ3n) is 7.58. The number of imidazole rings is 1. The molecule has 6 rings (SSSR count). The number of fused-ring (bicyclic) bond motifs is 2. The second-order valence-electron chi connectivity index (χ2n) is 9.90. The van der Waals surface area contributed by atoms with Crippen LogP contribution in [0.4, 0.5) is 5.82 Å². The zero-order valence-corrected chi connectivity index (χ0v) is 21.5. The summed E-state index contributed by atoms with van der Waals surface area (Å²) in [6.45, 7) is 6.95. The van der Waals surface area contributed by atoms with Crippen molar-refractivity contribution in [1.29, 1.82) is 0 Å². The molecule has 10 nitrogen and oxygen atoms in total. The maximum Gasteiger partial charge on any atom is 0.210 e. The number of carbonyl (C=O) groups excluding carboxylic acids is 1. The second kappa shape index (κ2) is 11.3. The van der Waals surface area contributed by atoms with Gasteiger partial charge in [-0.25, -0.2) is 15.0 Å². The van der Waals surface area contributed by atoms with Crippen molar-refractivity contribution in [2.45, 2.75) is 25.4 Å². The van der Waals surface area contributed by atoms with E-state index in [9.17, 15) is 4.79 Å². The number of H-pyrrole nitrogens is 1. The number of hydrogen-bond donors (Lipinski definition) is 1. The summed E-state index contributed by atoms with van der Waals surface area (Å²) in [6, 6.07) is 12.6. The van der Waals surface area contributed by atoms with Crippen LogP contribution in [-0.2, 0) is 16.1 Å². The lowest BCUT2D eigenvalue weighted by Gasteiger charge is -2.29. The number of carbonyl (C=O) groups is 1. The van der Waals surface area contributed by atoms with Crippen molar-refractivity contribution in [3.05, 3.63) is 54.6 Å². The van der Waals surface area contributed by atoms with Crippen LogP contribution in [0.5, 0.6) is 5.75 Å². The highest BCUT2D eigenvalue weighted by Crippen LogP contribution is 2.32. The fourth-order valence-corrected chi connectivity index (χ4v) is 5.52. The summed E-state index contributed by atoms with van der Waals surface area (Å²) in [6.07, 6.45) is 6.31. The summed E-state index contributed by atoms with van der Waals surface area (Å²) in [5.41, 5.74) is 2.66. The van der Waals surface area contributed by atoms with E-state index in [1.165, 1.54) is 0 Å². The number of aromatic nitrogens is 4. The molecule has 0 bridgehead atoms. The highest BCUT2D eigenvalue weighted by molar-refractivity contribution is 5.91. The van der Waals surface area contributed by atoms with Crippen molar-refractivity contribution in [3.8, 4) is 5.75 Å².